The summed E-state index contributed by atoms with van der Waals surface area (Å²) in [6.07, 6.45) is 0. The summed E-state index contributed by atoms with van der Waals surface area (Å²) in [4.78, 5) is 11.5. The van der Waals surface area contributed by atoms with Gasteiger partial charge in [-0.2, -0.15) is 0 Å². The topological polar surface area (TPSA) is 17.1 Å². The van der Waals surface area contributed by atoms with Gasteiger partial charge < -0.3 is 0 Å². The van der Waals surface area contributed by atoms with Crippen molar-refractivity contribution in [2.45, 2.75) is 0 Å². The van der Waals surface area contributed by atoms with Gasteiger partial charge in [-0.25, -0.2) is 0 Å². The van der Waals surface area contributed by atoms with E-state index in [1.165, 1.54) is 0 Å². The van der Waals surface area contributed by atoms with Gasteiger partial charge in [-0.05, 0) is 34.7 Å². The summed E-state index contributed by atoms with van der Waals surface area (Å²) in [5.41, 5.74) is 0.143. The first-order valence-corrected chi connectivity index (χ1v) is 5.41. The molecule has 0 aliphatic carbocycles. The fraction of sp³-hybridized carbons (Fsp3) is 0. The van der Waals surface area contributed by atoms with E-state index in [9.17, 15) is 4.79 Å². The van der Waals surface area contributed by atoms with Gasteiger partial charge in [0.25, 0.3) is 0 Å². The van der Waals surface area contributed by atoms with Gasteiger partial charge in [-0.1, -0.05) is 12.1 Å². The average Bonchev–Trinajstić information content (AvgIpc) is 2.12. The predicted octanol–water partition coefficient (Wildman–Crippen LogP) is 2.87. The molecule has 12 heavy (non-hydrogen) atoms. The van der Waals surface area contributed by atoms with Crippen LogP contribution in [0, 0.1) is 3.57 Å². The predicted molar refractivity (Wildman–Crippen MR) is 60.8 cm³/mol. The van der Waals surface area contributed by atoms with Gasteiger partial charge in [0.15, 0.2) is 0 Å². The molecule has 0 radical (unpaired) electrons. The molecule has 0 fully saturated rings. The van der Waals surface area contributed by atoms with E-state index in [0.29, 0.717) is 0 Å². The monoisotopic (exact) mass is 288 g/mol. The molecule has 60 valence electrons. The van der Waals surface area contributed by atoms with Crippen molar-refractivity contribution in [1.82, 2.24) is 0 Å². The molecule has 0 spiro atoms. The molecular formula is C9H5IOS. The standard InChI is InChI=1S/C9H5IOS/c10-7-5-12-8-4-2-1-3-6(8)9(7)11/h1-5H. The minimum absolute atomic E-state index is 0.143. The van der Waals surface area contributed by atoms with E-state index in [-0.39, 0.29) is 5.43 Å². The van der Waals surface area contributed by atoms with Crippen molar-refractivity contribution in [3.63, 3.8) is 0 Å². The zero-order valence-corrected chi connectivity index (χ0v) is 9.06. The van der Waals surface area contributed by atoms with Crippen LogP contribution in [0.2, 0.25) is 0 Å². The van der Waals surface area contributed by atoms with Crippen LogP contribution in [-0.2, 0) is 0 Å². The largest absolute Gasteiger partial charge is 0.288 e. The molecule has 0 atom stereocenters. The molecule has 0 N–H and O–H groups in total. The normalized spacial score (nSPS) is 10.4. The highest BCUT2D eigenvalue weighted by molar-refractivity contribution is 14.1. The summed E-state index contributed by atoms with van der Waals surface area (Å²) in [5, 5.41) is 2.72. The van der Waals surface area contributed by atoms with Crippen LogP contribution < -0.4 is 5.43 Å². The lowest BCUT2D eigenvalue weighted by Gasteiger charge is -1.94. The molecule has 3 heteroatoms. The second kappa shape index (κ2) is 3.14. The number of halogens is 1. The Balaban J connectivity index is 3.01. The second-order valence-electron chi connectivity index (χ2n) is 2.41. The molecule has 1 aromatic heterocycles. The van der Waals surface area contributed by atoms with Crippen molar-refractivity contribution in [1.29, 1.82) is 0 Å². The van der Waals surface area contributed by atoms with Crippen molar-refractivity contribution in [3.05, 3.63) is 43.4 Å². The Bertz CT molecular complexity index is 475. The summed E-state index contributed by atoms with van der Waals surface area (Å²) in [7, 11) is 0. The summed E-state index contributed by atoms with van der Waals surface area (Å²) in [5.74, 6) is 0. The van der Waals surface area contributed by atoms with Crippen LogP contribution in [0.15, 0.2) is 34.4 Å². The van der Waals surface area contributed by atoms with Crippen LogP contribution in [0.1, 0.15) is 0 Å². The molecule has 0 saturated heterocycles. The van der Waals surface area contributed by atoms with Crippen molar-refractivity contribution in [3.8, 4) is 0 Å². The van der Waals surface area contributed by atoms with Crippen LogP contribution in [0.4, 0.5) is 0 Å². The van der Waals surface area contributed by atoms with Gasteiger partial charge in [0, 0.05) is 15.5 Å². The summed E-state index contributed by atoms with van der Waals surface area (Å²) in [6, 6.07) is 7.69. The molecule has 1 heterocycles. The molecule has 0 saturated carbocycles. The van der Waals surface area contributed by atoms with Crippen LogP contribution in [-0.4, -0.2) is 0 Å². The third-order valence-electron chi connectivity index (χ3n) is 1.64. The van der Waals surface area contributed by atoms with Crippen LogP contribution in [0.5, 0.6) is 0 Å². The third kappa shape index (κ3) is 1.27. The molecule has 0 aliphatic rings. The molecule has 1 aromatic carbocycles. The summed E-state index contributed by atoms with van der Waals surface area (Å²) in [6.45, 7) is 0. The molecular weight excluding hydrogens is 283 g/mol. The van der Waals surface area contributed by atoms with E-state index >= 15 is 0 Å². The van der Waals surface area contributed by atoms with Gasteiger partial charge in [-0.15, -0.1) is 11.3 Å². The average molecular weight is 288 g/mol. The van der Waals surface area contributed by atoms with Gasteiger partial charge in [-0.3, -0.25) is 4.79 Å². The quantitative estimate of drug-likeness (QED) is 0.681. The highest BCUT2D eigenvalue weighted by atomic mass is 127. The SMILES string of the molecule is O=c1c(I)csc2ccccc12. The zero-order valence-electron chi connectivity index (χ0n) is 6.08. The van der Waals surface area contributed by atoms with E-state index < -0.39 is 0 Å². The fourth-order valence-electron chi connectivity index (χ4n) is 1.05. The van der Waals surface area contributed by atoms with Crippen LogP contribution in [0.25, 0.3) is 10.1 Å². The van der Waals surface area contributed by atoms with E-state index in [0.717, 1.165) is 13.7 Å². The smallest absolute Gasteiger partial charge is 0.201 e. The Labute approximate surface area is 87.2 Å². The minimum atomic E-state index is 0.143. The molecule has 0 unspecified atom stereocenters. The number of fused-ring (bicyclic) bond motifs is 1. The number of rotatable bonds is 0. The number of benzene rings is 1. The summed E-state index contributed by atoms with van der Waals surface area (Å²) < 4.78 is 1.86. The highest BCUT2D eigenvalue weighted by Gasteiger charge is 2.00. The highest BCUT2D eigenvalue weighted by Crippen LogP contribution is 2.16. The first kappa shape index (κ1) is 8.19. The third-order valence-corrected chi connectivity index (χ3v) is 3.83. The van der Waals surface area contributed by atoms with Gasteiger partial charge >= 0.3 is 0 Å². The molecule has 2 rings (SSSR count). The lowest BCUT2D eigenvalue weighted by Crippen LogP contribution is -2.02. The van der Waals surface area contributed by atoms with E-state index in [2.05, 4.69) is 22.6 Å². The maximum Gasteiger partial charge on any atom is 0.201 e. The Morgan fingerprint density at radius 1 is 1.25 bits per heavy atom. The second-order valence-corrected chi connectivity index (χ2v) is 4.48. The van der Waals surface area contributed by atoms with Gasteiger partial charge in [0.2, 0.25) is 5.43 Å². The zero-order chi connectivity index (χ0) is 8.55. The lowest BCUT2D eigenvalue weighted by molar-refractivity contribution is 1.66. The molecule has 0 amide bonds. The Kier molecular flexibility index (Phi) is 2.14. The van der Waals surface area contributed by atoms with Gasteiger partial charge in [0.05, 0.1) is 3.57 Å². The van der Waals surface area contributed by atoms with Crippen molar-refractivity contribution in [2.75, 3.05) is 0 Å². The maximum absolute atomic E-state index is 11.5. The first-order valence-electron chi connectivity index (χ1n) is 3.45. The van der Waals surface area contributed by atoms with E-state index in [1.54, 1.807) is 11.3 Å². The van der Waals surface area contributed by atoms with Crippen LogP contribution in [0.3, 0.4) is 0 Å². The van der Waals surface area contributed by atoms with Gasteiger partial charge in [0.1, 0.15) is 0 Å². The summed E-state index contributed by atoms with van der Waals surface area (Å²) >= 11 is 3.68. The molecule has 2 aromatic rings. The van der Waals surface area contributed by atoms with E-state index in [4.69, 9.17) is 0 Å². The Hall–Kier alpha value is -0.420. The lowest BCUT2D eigenvalue weighted by atomic mass is 10.2. The molecule has 1 nitrogen and oxygen atoms in total. The maximum atomic E-state index is 11.5. The Morgan fingerprint density at radius 3 is 2.83 bits per heavy atom. The number of hydrogen-bond donors (Lipinski definition) is 0. The first-order chi connectivity index (χ1) is 5.79. The molecule has 0 aliphatic heterocycles. The minimum Gasteiger partial charge on any atom is -0.288 e. The Morgan fingerprint density at radius 2 is 2.00 bits per heavy atom. The molecule has 0 bridgehead atoms. The van der Waals surface area contributed by atoms with E-state index in [1.807, 2.05) is 29.6 Å². The van der Waals surface area contributed by atoms with Crippen molar-refractivity contribution >= 4 is 44.0 Å². The van der Waals surface area contributed by atoms with Crippen molar-refractivity contribution < 1.29 is 0 Å². The number of hydrogen-bond acceptors (Lipinski definition) is 2. The fourth-order valence-corrected chi connectivity index (χ4v) is 2.51. The van der Waals surface area contributed by atoms with Crippen LogP contribution >= 0.6 is 33.9 Å². The van der Waals surface area contributed by atoms with Crippen molar-refractivity contribution in [2.24, 2.45) is 0 Å².